The van der Waals surface area contributed by atoms with Crippen molar-refractivity contribution in [1.82, 2.24) is 0 Å². The first-order chi connectivity index (χ1) is 1.73. The molecule has 0 unspecified atom stereocenters. The summed E-state index contributed by atoms with van der Waals surface area (Å²) < 4.78 is 17.2. The third-order valence-electron chi connectivity index (χ3n) is 0. The summed E-state index contributed by atoms with van der Waals surface area (Å²) in [6, 6.07) is 0. The summed E-state index contributed by atoms with van der Waals surface area (Å²) in [5.74, 6) is 0. The zero-order chi connectivity index (χ0) is 3.58. The molecule has 3 nitrogen and oxygen atoms in total. The summed E-state index contributed by atoms with van der Waals surface area (Å²) in [4.78, 5) is 7.01. The van der Waals surface area contributed by atoms with Gasteiger partial charge in [0.1, 0.15) is 0 Å². The van der Waals surface area contributed by atoms with Crippen molar-refractivity contribution in [3.8, 4) is 0 Å². The van der Waals surface area contributed by atoms with E-state index >= 15 is 0 Å². The van der Waals surface area contributed by atoms with Crippen LogP contribution < -0.4 is 0 Å². The molecule has 0 amide bonds. The van der Waals surface area contributed by atoms with Crippen LogP contribution in [-0.2, 0) is 9.13 Å². The Balaban J connectivity index is 0. The van der Waals surface area contributed by atoms with Crippen LogP contribution in [0, 0.1) is 0 Å². The normalized spacial score (nSPS) is 5.00. The first kappa shape index (κ1) is 9.07. The first-order valence-corrected chi connectivity index (χ1v) is 1.70. The van der Waals surface area contributed by atoms with Gasteiger partial charge in [0.05, 0.1) is 0 Å². The van der Waals surface area contributed by atoms with Gasteiger partial charge in [0.25, 0.3) is 0 Å². The molecule has 0 aromatic rings. The zero-order valence-electron chi connectivity index (χ0n) is 1.71. The van der Waals surface area contributed by atoms with Gasteiger partial charge >= 0.3 is 26.8 Å². The molecule has 5 heteroatoms. The van der Waals surface area contributed by atoms with Gasteiger partial charge in [-0.2, -0.15) is 0 Å². The Morgan fingerprint density at radius 3 is 1.40 bits per heavy atom. The minimum absolute atomic E-state index is 0. The summed E-state index contributed by atoms with van der Waals surface area (Å²) >= 11 is 0. The molecule has 0 radical (unpaired) electrons. The van der Waals surface area contributed by atoms with E-state index in [0.717, 1.165) is 0 Å². The predicted molar refractivity (Wildman–Crippen MR) is 17.7 cm³/mol. The maximum absolute atomic E-state index is 8.59. The monoisotopic (exact) mass is 88.0 g/mol. The number of rotatable bonds is 0. The van der Waals surface area contributed by atoms with Crippen LogP contribution in [0.2, 0.25) is 0 Å². The van der Waals surface area contributed by atoms with E-state index < -0.39 is 7.91 Å². The molecule has 0 aromatic carbocycles. The van der Waals surface area contributed by atoms with Gasteiger partial charge in [-0.1, -0.05) is 0 Å². The molecular weight excluding hydrogens is 85.9 g/mol. The zero-order valence-corrected chi connectivity index (χ0v) is 2.61. The second-order valence-electron chi connectivity index (χ2n) is 0.238. The van der Waals surface area contributed by atoms with E-state index in [1.165, 1.54) is 0 Å². The fourth-order valence-corrected chi connectivity index (χ4v) is 0. The molecule has 0 aliphatic heterocycles. The van der Waals surface area contributed by atoms with Crippen molar-refractivity contribution in [3.05, 3.63) is 0 Å². The minimum atomic E-state index is -3.12. The van der Waals surface area contributed by atoms with Crippen molar-refractivity contribution in [2.24, 2.45) is 0 Å². The molecule has 0 aromatic heterocycles. The molecule has 1 N–H and O–H groups in total. The van der Waals surface area contributed by atoms with Gasteiger partial charge in [0.2, 0.25) is 0 Å². The SMILES string of the molecule is O=P(=O)O.[LiH]. The van der Waals surface area contributed by atoms with Gasteiger partial charge in [-0.3, -0.25) is 4.89 Å². The van der Waals surface area contributed by atoms with Crippen LogP contribution >= 0.6 is 7.91 Å². The van der Waals surface area contributed by atoms with Crippen molar-refractivity contribution < 1.29 is 14.0 Å². The van der Waals surface area contributed by atoms with Gasteiger partial charge in [0, 0.05) is 0 Å². The fraction of sp³-hybridized carbons (Fsp3) is 0. The fourth-order valence-electron chi connectivity index (χ4n) is 0. The van der Waals surface area contributed by atoms with Crippen molar-refractivity contribution in [2.45, 2.75) is 0 Å². The van der Waals surface area contributed by atoms with Crippen LogP contribution in [0.1, 0.15) is 0 Å². The average Bonchev–Trinajstić information content (AvgIpc) is 0.811. The molecule has 0 bridgehead atoms. The van der Waals surface area contributed by atoms with Crippen molar-refractivity contribution in [1.29, 1.82) is 0 Å². The van der Waals surface area contributed by atoms with E-state index in [1.54, 1.807) is 0 Å². The van der Waals surface area contributed by atoms with Crippen LogP contribution in [0.15, 0.2) is 0 Å². The van der Waals surface area contributed by atoms with Crippen LogP contribution in [-0.4, -0.2) is 23.8 Å². The first-order valence-electron chi connectivity index (χ1n) is 0.565. The number of hydrogen-bond acceptors (Lipinski definition) is 2. The van der Waals surface area contributed by atoms with Gasteiger partial charge in [-0.15, -0.1) is 0 Å². The topological polar surface area (TPSA) is 54.4 Å². The van der Waals surface area contributed by atoms with E-state index in [1.807, 2.05) is 0 Å². The molecule has 0 rings (SSSR count). The Hall–Kier alpha value is 0.457. The molecule has 5 heavy (non-hydrogen) atoms. The van der Waals surface area contributed by atoms with Crippen LogP contribution in [0.3, 0.4) is 0 Å². The Bertz CT molecular complexity index is 55.3. The average molecular weight is 87.9 g/mol. The third kappa shape index (κ3) is 129. The molecule has 0 saturated carbocycles. The van der Waals surface area contributed by atoms with Crippen molar-refractivity contribution in [3.63, 3.8) is 0 Å². The molecule has 0 spiro atoms. The second-order valence-corrected chi connectivity index (χ2v) is 0.714. The molecular formula is H2LiO3P. The maximum atomic E-state index is 8.59. The molecule has 0 fully saturated rings. The Labute approximate surface area is 41.5 Å². The quantitative estimate of drug-likeness (QED) is 0.318. The van der Waals surface area contributed by atoms with E-state index in [2.05, 4.69) is 0 Å². The Kier molecular flexibility index (Phi) is 8.09. The van der Waals surface area contributed by atoms with Gasteiger partial charge in [-0.05, 0) is 0 Å². The van der Waals surface area contributed by atoms with E-state index in [4.69, 9.17) is 14.0 Å². The van der Waals surface area contributed by atoms with Crippen LogP contribution in [0.4, 0.5) is 0 Å². The Morgan fingerprint density at radius 2 is 1.40 bits per heavy atom. The molecule has 0 saturated heterocycles. The van der Waals surface area contributed by atoms with Crippen molar-refractivity contribution >= 4 is 26.8 Å². The standard InChI is InChI=1S/Li.HO3P.H/c;1-4(2)3;/h;(H,1,2,3);. The molecule has 26 valence electrons. The summed E-state index contributed by atoms with van der Waals surface area (Å²) in [6.07, 6.45) is 0. The summed E-state index contributed by atoms with van der Waals surface area (Å²) in [7, 11) is -3.12. The molecule has 0 aliphatic carbocycles. The molecule has 0 heterocycles. The van der Waals surface area contributed by atoms with Crippen molar-refractivity contribution in [2.75, 3.05) is 0 Å². The van der Waals surface area contributed by atoms with Gasteiger partial charge in [0.15, 0.2) is 0 Å². The van der Waals surface area contributed by atoms with Crippen LogP contribution in [0.25, 0.3) is 0 Å². The number of hydrogen-bond donors (Lipinski definition) is 1. The summed E-state index contributed by atoms with van der Waals surface area (Å²) in [5.41, 5.74) is 0. The van der Waals surface area contributed by atoms with Gasteiger partial charge in [-0.25, -0.2) is 9.13 Å². The molecule has 0 aliphatic rings. The Morgan fingerprint density at radius 1 is 1.40 bits per heavy atom. The van der Waals surface area contributed by atoms with Crippen LogP contribution in [0.5, 0.6) is 0 Å². The summed E-state index contributed by atoms with van der Waals surface area (Å²) in [6.45, 7) is 0. The second kappa shape index (κ2) is 4.46. The van der Waals surface area contributed by atoms with E-state index in [-0.39, 0.29) is 18.9 Å². The van der Waals surface area contributed by atoms with E-state index in [9.17, 15) is 0 Å². The van der Waals surface area contributed by atoms with E-state index in [0.29, 0.717) is 0 Å². The molecule has 0 atom stereocenters. The van der Waals surface area contributed by atoms with Gasteiger partial charge < -0.3 is 0 Å². The summed E-state index contributed by atoms with van der Waals surface area (Å²) in [5, 5.41) is 0. The third-order valence-corrected chi connectivity index (χ3v) is 0. The predicted octanol–water partition coefficient (Wildman–Crippen LogP) is -0.582.